The van der Waals surface area contributed by atoms with Crippen molar-refractivity contribution in [3.05, 3.63) is 28.8 Å². The van der Waals surface area contributed by atoms with E-state index in [1.165, 1.54) is 0 Å². The normalized spacial score (nSPS) is 13.7. The molecule has 4 nitrogen and oxygen atoms in total. The molecule has 0 fully saturated rings. The first kappa shape index (κ1) is 16.8. The molecule has 112 valence electrons. The first-order chi connectivity index (χ1) is 9.40. The Balaban J connectivity index is 2.90. The average Bonchev–Trinajstić information content (AvgIpc) is 2.41. The van der Waals surface area contributed by atoms with Crippen molar-refractivity contribution in [1.29, 1.82) is 0 Å². The first-order valence-electron chi connectivity index (χ1n) is 6.91. The van der Waals surface area contributed by atoms with E-state index >= 15 is 0 Å². The van der Waals surface area contributed by atoms with Gasteiger partial charge >= 0.3 is 0 Å². The number of halogens is 1. The molecule has 0 aliphatic rings. The molecule has 5 heteroatoms. The highest BCUT2D eigenvalue weighted by molar-refractivity contribution is 6.30. The highest BCUT2D eigenvalue weighted by atomic mass is 35.5. The van der Waals surface area contributed by atoms with Crippen LogP contribution in [0.5, 0.6) is 5.75 Å². The first-order valence-corrected chi connectivity index (χ1v) is 7.28. The summed E-state index contributed by atoms with van der Waals surface area (Å²) in [6, 6.07) is 5.06. The molecule has 0 aliphatic heterocycles. The Hall–Kier alpha value is -1.26. The van der Waals surface area contributed by atoms with E-state index in [0.29, 0.717) is 23.9 Å². The van der Waals surface area contributed by atoms with Crippen LogP contribution >= 0.6 is 11.6 Å². The number of carbonyl (C=O) groups is 1. The number of amides is 1. The van der Waals surface area contributed by atoms with Gasteiger partial charge in [-0.05, 0) is 45.9 Å². The van der Waals surface area contributed by atoms with Crippen molar-refractivity contribution < 1.29 is 9.53 Å². The Bertz CT molecular complexity index is 459. The van der Waals surface area contributed by atoms with Crippen LogP contribution in [0.3, 0.4) is 0 Å². The highest BCUT2D eigenvalue weighted by Gasteiger charge is 2.21. The SMILES string of the molecule is CCN(CC)C(=O)C(C)Oc1ccc(Cl)cc1[C@@H](C)N. The fraction of sp³-hybridized carbons (Fsp3) is 0.533. The van der Waals surface area contributed by atoms with E-state index in [4.69, 9.17) is 22.1 Å². The summed E-state index contributed by atoms with van der Waals surface area (Å²) in [5, 5.41) is 0.604. The molecule has 0 saturated heterocycles. The van der Waals surface area contributed by atoms with Crippen molar-refractivity contribution in [3.8, 4) is 5.75 Å². The maximum atomic E-state index is 12.2. The van der Waals surface area contributed by atoms with Crippen molar-refractivity contribution in [2.75, 3.05) is 13.1 Å². The monoisotopic (exact) mass is 298 g/mol. The second kappa shape index (κ2) is 7.50. The molecule has 0 saturated carbocycles. The summed E-state index contributed by atoms with van der Waals surface area (Å²) in [7, 11) is 0. The standard InChI is InChI=1S/C15H23ClN2O2/c1-5-18(6-2)15(19)11(4)20-14-8-7-12(16)9-13(14)10(3)17/h7-11H,5-6,17H2,1-4H3/t10-,11?/m1/s1. The molecular weight excluding hydrogens is 276 g/mol. The Morgan fingerprint density at radius 3 is 2.45 bits per heavy atom. The Kier molecular flexibility index (Phi) is 6.30. The number of carbonyl (C=O) groups excluding carboxylic acids is 1. The summed E-state index contributed by atoms with van der Waals surface area (Å²) in [5.74, 6) is 0.581. The molecule has 0 aliphatic carbocycles. The van der Waals surface area contributed by atoms with Gasteiger partial charge in [-0.25, -0.2) is 0 Å². The maximum Gasteiger partial charge on any atom is 0.263 e. The van der Waals surface area contributed by atoms with Crippen molar-refractivity contribution in [1.82, 2.24) is 4.90 Å². The zero-order valence-electron chi connectivity index (χ0n) is 12.5. The van der Waals surface area contributed by atoms with E-state index in [0.717, 1.165) is 5.56 Å². The van der Waals surface area contributed by atoms with Crippen LogP contribution in [0, 0.1) is 0 Å². The predicted molar refractivity (Wildman–Crippen MR) is 82.1 cm³/mol. The number of hydrogen-bond donors (Lipinski definition) is 1. The Labute approximate surface area is 125 Å². The molecule has 2 atom stereocenters. The fourth-order valence-electron chi connectivity index (χ4n) is 2.02. The van der Waals surface area contributed by atoms with Gasteiger partial charge in [-0.15, -0.1) is 0 Å². The third-order valence-corrected chi connectivity index (χ3v) is 3.42. The smallest absolute Gasteiger partial charge is 0.263 e. The van der Waals surface area contributed by atoms with Crippen LogP contribution in [0.2, 0.25) is 5.02 Å². The van der Waals surface area contributed by atoms with E-state index in [1.54, 1.807) is 30.0 Å². The molecular formula is C15H23ClN2O2. The van der Waals surface area contributed by atoms with E-state index in [-0.39, 0.29) is 11.9 Å². The molecule has 1 rings (SSSR count). The van der Waals surface area contributed by atoms with Gasteiger partial charge in [-0.1, -0.05) is 11.6 Å². The minimum Gasteiger partial charge on any atom is -0.481 e. The quantitative estimate of drug-likeness (QED) is 0.878. The minimum absolute atomic E-state index is 0.0272. The topological polar surface area (TPSA) is 55.6 Å². The molecule has 1 aromatic rings. The lowest BCUT2D eigenvalue weighted by molar-refractivity contribution is -0.137. The third kappa shape index (κ3) is 4.12. The second-order valence-electron chi connectivity index (χ2n) is 4.74. The highest BCUT2D eigenvalue weighted by Crippen LogP contribution is 2.28. The molecule has 1 amide bonds. The molecule has 20 heavy (non-hydrogen) atoms. The van der Waals surface area contributed by atoms with Crippen LogP contribution in [-0.4, -0.2) is 30.0 Å². The third-order valence-electron chi connectivity index (χ3n) is 3.19. The van der Waals surface area contributed by atoms with Crippen molar-refractivity contribution in [2.24, 2.45) is 5.73 Å². The maximum absolute atomic E-state index is 12.2. The lowest BCUT2D eigenvalue weighted by Crippen LogP contribution is -2.40. The molecule has 1 unspecified atom stereocenters. The summed E-state index contributed by atoms with van der Waals surface area (Å²) >= 11 is 5.97. The summed E-state index contributed by atoms with van der Waals surface area (Å²) in [6.07, 6.45) is -0.548. The van der Waals surface area contributed by atoms with Crippen LogP contribution < -0.4 is 10.5 Å². The van der Waals surface area contributed by atoms with Gasteiger partial charge in [0.25, 0.3) is 5.91 Å². The van der Waals surface area contributed by atoms with Gasteiger partial charge in [0.2, 0.25) is 0 Å². The number of hydrogen-bond acceptors (Lipinski definition) is 3. The van der Waals surface area contributed by atoms with Gasteiger partial charge in [0, 0.05) is 29.7 Å². The van der Waals surface area contributed by atoms with E-state index in [9.17, 15) is 4.79 Å². The van der Waals surface area contributed by atoms with Crippen molar-refractivity contribution >= 4 is 17.5 Å². The van der Waals surface area contributed by atoms with Crippen LogP contribution in [0.15, 0.2) is 18.2 Å². The lowest BCUT2D eigenvalue weighted by Gasteiger charge is -2.24. The molecule has 0 aromatic heterocycles. The van der Waals surface area contributed by atoms with E-state index < -0.39 is 6.10 Å². The van der Waals surface area contributed by atoms with Gasteiger partial charge in [0.15, 0.2) is 6.10 Å². The summed E-state index contributed by atoms with van der Waals surface area (Å²) in [6.45, 7) is 8.84. The van der Waals surface area contributed by atoms with Crippen molar-refractivity contribution in [2.45, 2.75) is 39.8 Å². The van der Waals surface area contributed by atoms with Gasteiger partial charge in [0.1, 0.15) is 5.75 Å². The summed E-state index contributed by atoms with van der Waals surface area (Å²) in [4.78, 5) is 13.9. The summed E-state index contributed by atoms with van der Waals surface area (Å²) in [5.41, 5.74) is 6.72. The molecule has 0 bridgehead atoms. The number of nitrogens with zero attached hydrogens (tertiary/aromatic N) is 1. The second-order valence-corrected chi connectivity index (χ2v) is 5.18. The number of nitrogens with two attached hydrogens (primary N) is 1. The van der Waals surface area contributed by atoms with Gasteiger partial charge in [-0.2, -0.15) is 0 Å². The molecule has 1 aromatic carbocycles. The largest absolute Gasteiger partial charge is 0.481 e. The molecule has 0 radical (unpaired) electrons. The number of likely N-dealkylation sites (N-methyl/N-ethyl adjacent to an activating group) is 1. The molecule has 0 spiro atoms. The minimum atomic E-state index is -0.548. The van der Waals surface area contributed by atoms with E-state index in [1.807, 2.05) is 20.8 Å². The number of rotatable bonds is 6. The zero-order chi connectivity index (χ0) is 15.3. The van der Waals surface area contributed by atoms with E-state index in [2.05, 4.69) is 0 Å². The lowest BCUT2D eigenvalue weighted by atomic mass is 10.1. The fourth-order valence-corrected chi connectivity index (χ4v) is 2.20. The molecule has 2 N–H and O–H groups in total. The van der Waals surface area contributed by atoms with Crippen LogP contribution in [0.1, 0.15) is 39.3 Å². The molecule has 0 heterocycles. The van der Waals surface area contributed by atoms with Crippen LogP contribution in [0.4, 0.5) is 0 Å². The predicted octanol–water partition coefficient (Wildman–Crippen LogP) is 3.00. The van der Waals surface area contributed by atoms with Gasteiger partial charge in [0.05, 0.1) is 0 Å². The number of benzene rings is 1. The van der Waals surface area contributed by atoms with Crippen molar-refractivity contribution in [3.63, 3.8) is 0 Å². The van der Waals surface area contributed by atoms with Gasteiger partial charge < -0.3 is 15.4 Å². The van der Waals surface area contributed by atoms with Crippen LogP contribution in [-0.2, 0) is 4.79 Å². The van der Waals surface area contributed by atoms with Gasteiger partial charge in [-0.3, -0.25) is 4.79 Å². The Morgan fingerprint density at radius 1 is 1.35 bits per heavy atom. The van der Waals surface area contributed by atoms with Crippen LogP contribution in [0.25, 0.3) is 0 Å². The Morgan fingerprint density at radius 2 is 1.95 bits per heavy atom. The average molecular weight is 299 g/mol. The summed E-state index contributed by atoms with van der Waals surface area (Å²) < 4.78 is 5.78. The zero-order valence-corrected chi connectivity index (χ0v) is 13.3. The number of ether oxygens (including phenoxy) is 1.